The Bertz CT molecular complexity index is 391. The van der Waals surface area contributed by atoms with E-state index in [0.717, 1.165) is 11.1 Å². The van der Waals surface area contributed by atoms with Crippen molar-refractivity contribution in [1.29, 1.82) is 0 Å². The largest absolute Gasteiger partial charge is 0.496 e. The van der Waals surface area contributed by atoms with Gasteiger partial charge in [0.05, 0.1) is 19.8 Å². The van der Waals surface area contributed by atoms with Crippen LogP contribution in [-0.2, 0) is 0 Å². The molecule has 0 aromatic heterocycles. The number of aryl methyl sites for hydroxylation is 1. The Labute approximate surface area is 109 Å². The molecule has 1 atom stereocenters. The summed E-state index contributed by atoms with van der Waals surface area (Å²) in [5.41, 5.74) is 1.43. The Morgan fingerprint density at radius 2 is 2.06 bits per heavy atom. The third-order valence-electron chi connectivity index (χ3n) is 2.91. The van der Waals surface area contributed by atoms with E-state index in [2.05, 4.69) is 5.32 Å². The number of aliphatic hydroxyl groups is 2. The molecule has 1 unspecified atom stereocenters. The van der Waals surface area contributed by atoms with Crippen molar-refractivity contribution >= 4 is 0 Å². The normalized spacial score (nSPS) is 13.4. The highest BCUT2D eigenvalue weighted by Gasteiger charge is 2.19. The number of hydrogen-bond donors (Lipinski definition) is 3. The summed E-state index contributed by atoms with van der Waals surface area (Å²) in [5.74, 6) is 0.678. The average molecular weight is 253 g/mol. The summed E-state index contributed by atoms with van der Waals surface area (Å²) in [6.07, 6.45) is -0.661. The summed E-state index contributed by atoms with van der Waals surface area (Å²) in [7, 11) is 1.59. The molecule has 1 aromatic rings. The van der Waals surface area contributed by atoms with Gasteiger partial charge < -0.3 is 20.3 Å². The molecule has 0 aliphatic heterocycles. The Balaban J connectivity index is 2.77. The van der Waals surface area contributed by atoms with Gasteiger partial charge in [-0.25, -0.2) is 0 Å². The zero-order valence-corrected chi connectivity index (χ0v) is 11.5. The van der Waals surface area contributed by atoms with E-state index in [-0.39, 0.29) is 6.61 Å². The number of methoxy groups -OCH3 is 1. The van der Waals surface area contributed by atoms with Crippen LogP contribution in [0.1, 0.15) is 31.1 Å². The maximum Gasteiger partial charge on any atom is 0.124 e. The molecule has 4 heteroatoms. The number of benzene rings is 1. The lowest BCUT2D eigenvalue weighted by Gasteiger charge is -2.26. The van der Waals surface area contributed by atoms with E-state index in [9.17, 15) is 5.11 Å². The van der Waals surface area contributed by atoms with Crippen molar-refractivity contribution in [2.24, 2.45) is 0 Å². The Morgan fingerprint density at radius 3 is 2.61 bits per heavy atom. The lowest BCUT2D eigenvalue weighted by atomic mass is 10.0. The van der Waals surface area contributed by atoms with Crippen LogP contribution in [0.3, 0.4) is 0 Å². The van der Waals surface area contributed by atoms with E-state index in [1.807, 2.05) is 39.0 Å². The number of β-amino-alcohol motifs (C(OH)–C–C–N with tert-alkyl or cyclic N) is 1. The highest BCUT2D eigenvalue weighted by molar-refractivity contribution is 5.38. The smallest absolute Gasteiger partial charge is 0.124 e. The summed E-state index contributed by atoms with van der Waals surface area (Å²) >= 11 is 0. The summed E-state index contributed by atoms with van der Waals surface area (Å²) in [6.45, 7) is 6.12. The van der Waals surface area contributed by atoms with Crippen molar-refractivity contribution in [1.82, 2.24) is 5.32 Å². The number of rotatable bonds is 6. The fourth-order valence-corrected chi connectivity index (χ4v) is 1.65. The zero-order chi connectivity index (χ0) is 13.8. The Morgan fingerprint density at radius 1 is 1.39 bits per heavy atom. The Kier molecular flexibility index (Phi) is 5.14. The first-order chi connectivity index (χ1) is 8.39. The first-order valence-electron chi connectivity index (χ1n) is 6.08. The van der Waals surface area contributed by atoms with Crippen LogP contribution in [0.4, 0.5) is 0 Å². The molecule has 1 rings (SSSR count). The number of nitrogens with one attached hydrogen (secondary N) is 1. The lowest BCUT2D eigenvalue weighted by Crippen LogP contribution is -2.44. The minimum Gasteiger partial charge on any atom is -0.496 e. The van der Waals surface area contributed by atoms with Gasteiger partial charge in [0.25, 0.3) is 0 Å². The van der Waals surface area contributed by atoms with Crippen molar-refractivity contribution in [3.05, 3.63) is 29.3 Å². The third-order valence-corrected chi connectivity index (χ3v) is 2.91. The zero-order valence-electron chi connectivity index (χ0n) is 11.5. The van der Waals surface area contributed by atoms with Gasteiger partial charge in [0, 0.05) is 17.6 Å². The molecule has 0 bridgehead atoms. The predicted octanol–water partition coefficient (Wildman–Crippen LogP) is 1.40. The first kappa shape index (κ1) is 15.0. The van der Waals surface area contributed by atoms with E-state index < -0.39 is 11.6 Å². The predicted molar refractivity (Wildman–Crippen MR) is 71.9 cm³/mol. The van der Waals surface area contributed by atoms with Crippen LogP contribution in [-0.4, -0.2) is 36.0 Å². The molecule has 1 aromatic carbocycles. The van der Waals surface area contributed by atoms with Gasteiger partial charge in [-0.15, -0.1) is 0 Å². The van der Waals surface area contributed by atoms with E-state index in [1.165, 1.54) is 0 Å². The molecule has 0 fully saturated rings. The topological polar surface area (TPSA) is 61.7 Å². The molecule has 0 aliphatic rings. The van der Waals surface area contributed by atoms with Crippen LogP contribution in [0, 0.1) is 6.92 Å². The quantitative estimate of drug-likeness (QED) is 0.717. The summed E-state index contributed by atoms with van der Waals surface area (Å²) < 4.78 is 5.24. The monoisotopic (exact) mass is 253 g/mol. The molecule has 0 radical (unpaired) electrons. The molecule has 18 heavy (non-hydrogen) atoms. The number of aliphatic hydroxyl groups excluding tert-OH is 2. The highest BCUT2D eigenvalue weighted by atomic mass is 16.5. The molecular formula is C14H23NO3. The Hall–Kier alpha value is -1.10. The van der Waals surface area contributed by atoms with Crippen LogP contribution in [0.2, 0.25) is 0 Å². The van der Waals surface area contributed by atoms with Gasteiger partial charge in [0.1, 0.15) is 5.75 Å². The van der Waals surface area contributed by atoms with Gasteiger partial charge >= 0.3 is 0 Å². The van der Waals surface area contributed by atoms with Gasteiger partial charge in [0.15, 0.2) is 0 Å². The molecule has 0 aliphatic carbocycles. The molecule has 4 nitrogen and oxygen atoms in total. The van der Waals surface area contributed by atoms with Gasteiger partial charge in [-0.2, -0.15) is 0 Å². The number of ether oxygens (including phenoxy) is 1. The molecular weight excluding hydrogens is 230 g/mol. The lowest BCUT2D eigenvalue weighted by molar-refractivity contribution is 0.134. The second kappa shape index (κ2) is 6.18. The minimum absolute atomic E-state index is 0.0185. The number of hydrogen-bond acceptors (Lipinski definition) is 4. The van der Waals surface area contributed by atoms with Crippen molar-refractivity contribution in [2.45, 2.75) is 32.4 Å². The second-order valence-corrected chi connectivity index (χ2v) is 5.18. The van der Waals surface area contributed by atoms with Crippen molar-refractivity contribution in [3.8, 4) is 5.75 Å². The fourth-order valence-electron chi connectivity index (χ4n) is 1.65. The molecule has 0 amide bonds. The van der Waals surface area contributed by atoms with Crippen molar-refractivity contribution in [2.75, 3.05) is 20.3 Å². The van der Waals surface area contributed by atoms with Gasteiger partial charge in [0.2, 0.25) is 0 Å². The SMILES string of the molecule is COc1ccc(C)cc1C(O)CNC(C)(C)CO. The summed E-state index contributed by atoms with van der Waals surface area (Å²) in [4.78, 5) is 0. The third kappa shape index (κ3) is 3.98. The second-order valence-electron chi connectivity index (χ2n) is 5.18. The maximum atomic E-state index is 10.2. The average Bonchev–Trinajstić information content (AvgIpc) is 2.36. The van der Waals surface area contributed by atoms with E-state index in [1.54, 1.807) is 7.11 Å². The van der Waals surface area contributed by atoms with E-state index in [0.29, 0.717) is 12.3 Å². The van der Waals surface area contributed by atoms with Crippen LogP contribution in [0.25, 0.3) is 0 Å². The van der Waals surface area contributed by atoms with E-state index >= 15 is 0 Å². The van der Waals surface area contributed by atoms with Crippen LogP contribution < -0.4 is 10.1 Å². The van der Waals surface area contributed by atoms with Gasteiger partial charge in [-0.1, -0.05) is 11.6 Å². The minimum atomic E-state index is -0.661. The molecule has 102 valence electrons. The van der Waals surface area contributed by atoms with Crippen LogP contribution >= 0.6 is 0 Å². The molecule has 0 saturated heterocycles. The highest BCUT2D eigenvalue weighted by Crippen LogP contribution is 2.26. The van der Waals surface area contributed by atoms with Gasteiger partial charge in [-0.05, 0) is 32.9 Å². The summed E-state index contributed by atoms with van der Waals surface area (Å²) in [5, 5.41) is 22.5. The molecule has 0 spiro atoms. The van der Waals surface area contributed by atoms with E-state index in [4.69, 9.17) is 9.84 Å². The standard InChI is InChI=1S/C14H23NO3/c1-10-5-6-13(18-4)11(7-10)12(17)8-15-14(2,3)9-16/h5-7,12,15-17H,8-9H2,1-4H3. The molecule has 0 heterocycles. The summed E-state index contributed by atoms with van der Waals surface area (Å²) in [6, 6.07) is 5.71. The fraction of sp³-hybridized carbons (Fsp3) is 0.571. The van der Waals surface area contributed by atoms with Crippen LogP contribution in [0.15, 0.2) is 18.2 Å². The molecule has 3 N–H and O–H groups in total. The maximum absolute atomic E-state index is 10.2. The van der Waals surface area contributed by atoms with Crippen molar-refractivity contribution < 1.29 is 14.9 Å². The molecule has 0 saturated carbocycles. The van der Waals surface area contributed by atoms with Crippen molar-refractivity contribution in [3.63, 3.8) is 0 Å². The van der Waals surface area contributed by atoms with Crippen LogP contribution in [0.5, 0.6) is 5.75 Å². The van der Waals surface area contributed by atoms with Gasteiger partial charge in [-0.3, -0.25) is 0 Å². The first-order valence-corrected chi connectivity index (χ1v) is 6.08.